The van der Waals surface area contributed by atoms with E-state index in [1.807, 2.05) is 29.2 Å². The molecule has 0 saturated heterocycles. The number of hydrogen-bond acceptors (Lipinski definition) is 5. The predicted octanol–water partition coefficient (Wildman–Crippen LogP) is 1.09. The molecule has 0 atom stereocenters. The Hall–Kier alpha value is -1.56. The second-order valence-electron chi connectivity index (χ2n) is 3.85. The fourth-order valence-electron chi connectivity index (χ4n) is 1.74. The zero-order chi connectivity index (χ0) is 14.1. The van der Waals surface area contributed by atoms with Crippen LogP contribution >= 0.6 is 12.4 Å². The molecule has 1 rings (SSSR count). The first-order chi connectivity index (χ1) is 9.22. The highest BCUT2D eigenvalue weighted by molar-refractivity contribution is 5.88. The maximum Gasteiger partial charge on any atom is 0.330 e. The van der Waals surface area contributed by atoms with E-state index in [0.717, 1.165) is 11.3 Å². The Bertz CT molecular complexity index is 431. The molecule has 0 radical (unpaired) electrons. The predicted molar refractivity (Wildman–Crippen MR) is 81.1 cm³/mol. The van der Waals surface area contributed by atoms with Gasteiger partial charge in [0.2, 0.25) is 0 Å². The van der Waals surface area contributed by atoms with Crippen LogP contribution in [0.4, 0.5) is 5.69 Å². The van der Waals surface area contributed by atoms with Crippen molar-refractivity contribution in [2.75, 3.05) is 38.3 Å². The minimum atomic E-state index is -0.425. The highest BCUT2D eigenvalue weighted by Crippen LogP contribution is 2.21. The first kappa shape index (κ1) is 18.4. The molecule has 6 heteroatoms. The number of halogens is 1. The van der Waals surface area contributed by atoms with Crippen molar-refractivity contribution in [2.24, 2.45) is 0 Å². The van der Waals surface area contributed by atoms with Crippen LogP contribution in [0.5, 0.6) is 0 Å². The lowest BCUT2D eigenvalue weighted by atomic mass is 10.1. The Balaban J connectivity index is 0.00000361. The molecule has 2 N–H and O–H groups in total. The van der Waals surface area contributed by atoms with Gasteiger partial charge in [-0.2, -0.15) is 0 Å². The molecule has 1 aromatic rings. The van der Waals surface area contributed by atoms with Crippen LogP contribution in [0.25, 0.3) is 6.08 Å². The van der Waals surface area contributed by atoms with E-state index in [4.69, 9.17) is 10.2 Å². The molecular formula is C14H20ClNO4. The van der Waals surface area contributed by atoms with Crippen molar-refractivity contribution in [1.29, 1.82) is 0 Å². The lowest BCUT2D eigenvalue weighted by Gasteiger charge is -2.24. The number of benzene rings is 1. The molecule has 0 unspecified atom stereocenters. The first-order valence-corrected chi connectivity index (χ1v) is 6.04. The van der Waals surface area contributed by atoms with Crippen LogP contribution in [0.1, 0.15) is 5.56 Å². The smallest absolute Gasteiger partial charge is 0.330 e. The number of rotatable bonds is 7. The van der Waals surface area contributed by atoms with E-state index in [0.29, 0.717) is 13.1 Å². The largest absolute Gasteiger partial charge is 0.466 e. The van der Waals surface area contributed by atoms with E-state index in [2.05, 4.69) is 4.74 Å². The second-order valence-corrected chi connectivity index (χ2v) is 3.85. The third-order valence-corrected chi connectivity index (χ3v) is 2.62. The molecule has 0 fully saturated rings. The Morgan fingerprint density at radius 3 is 2.40 bits per heavy atom. The highest BCUT2D eigenvalue weighted by atomic mass is 35.5. The number of aliphatic hydroxyl groups is 2. The van der Waals surface area contributed by atoms with Crippen molar-refractivity contribution in [3.8, 4) is 0 Å². The lowest BCUT2D eigenvalue weighted by Crippen LogP contribution is -2.30. The van der Waals surface area contributed by atoms with Gasteiger partial charge in [0.1, 0.15) is 0 Å². The molecule has 0 aliphatic rings. The van der Waals surface area contributed by atoms with E-state index in [1.54, 1.807) is 6.08 Å². The number of carbonyl (C=O) groups excluding carboxylic acids is 1. The number of nitrogens with zero attached hydrogens (tertiary/aromatic N) is 1. The van der Waals surface area contributed by atoms with Crippen LogP contribution in [-0.2, 0) is 9.53 Å². The molecule has 0 aromatic heterocycles. The Kier molecular flexibility index (Phi) is 9.45. The van der Waals surface area contributed by atoms with Gasteiger partial charge < -0.3 is 19.8 Å². The number of esters is 1. The van der Waals surface area contributed by atoms with Crippen LogP contribution in [-0.4, -0.2) is 49.6 Å². The van der Waals surface area contributed by atoms with Gasteiger partial charge in [-0.25, -0.2) is 4.79 Å². The molecule has 20 heavy (non-hydrogen) atoms. The third kappa shape index (κ3) is 5.61. The lowest BCUT2D eigenvalue weighted by molar-refractivity contribution is -0.134. The van der Waals surface area contributed by atoms with Crippen LogP contribution in [0.2, 0.25) is 0 Å². The second kappa shape index (κ2) is 10.3. The summed E-state index contributed by atoms with van der Waals surface area (Å²) in [5.41, 5.74) is 1.68. The number of methoxy groups -OCH3 is 1. The van der Waals surface area contributed by atoms with E-state index < -0.39 is 5.97 Å². The summed E-state index contributed by atoms with van der Waals surface area (Å²) in [6.07, 6.45) is 3.00. The van der Waals surface area contributed by atoms with Crippen molar-refractivity contribution in [2.45, 2.75) is 0 Å². The summed E-state index contributed by atoms with van der Waals surface area (Å²) >= 11 is 0. The van der Waals surface area contributed by atoms with Crippen molar-refractivity contribution < 1.29 is 19.7 Å². The molecular weight excluding hydrogens is 282 g/mol. The van der Waals surface area contributed by atoms with Crippen LogP contribution in [0.15, 0.2) is 30.3 Å². The van der Waals surface area contributed by atoms with Crippen molar-refractivity contribution in [1.82, 2.24) is 0 Å². The SMILES string of the molecule is COC(=O)C=Cc1ccccc1N(CCO)CCO.Cl. The van der Waals surface area contributed by atoms with E-state index in [-0.39, 0.29) is 25.6 Å². The summed E-state index contributed by atoms with van der Waals surface area (Å²) in [6.45, 7) is 0.831. The van der Waals surface area contributed by atoms with Gasteiger partial charge in [-0.1, -0.05) is 18.2 Å². The van der Waals surface area contributed by atoms with Gasteiger partial charge in [-0.15, -0.1) is 12.4 Å². The van der Waals surface area contributed by atoms with E-state index in [9.17, 15) is 4.79 Å². The molecule has 0 heterocycles. The molecule has 0 bridgehead atoms. The molecule has 0 spiro atoms. The Morgan fingerprint density at radius 1 is 1.25 bits per heavy atom. The van der Waals surface area contributed by atoms with Gasteiger partial charge in [-0.3, -0.25) is 0 Å². The average Bonchev–Trinajstić information content (AvgIpc) is 2.45. The maximum atomic E-state index is 11.1. The molecule has 5 nitrogen and oxygen atoms in total. The number of ether oxygens (including phenoxy) is 1. The fourth-order valence-corrected chi connectivity index (χ4v) is 1.74. The quantitative estimate of drug-likeness (QED) is 0.583. The number of aliphatic hydroxyl groups excluding tert-OH is 2. The summed E-state index contributed by atoms with van der Waals surface area (Å²) in [7, 11) is 1.32. The zero-order valence-electron chi connectivity index (χ0n) is 11.4. The standard InChI is InChI=1S/C14H19NO4.ClH/c1-19-14(18)7-6-12-4-2-3-5-13(12)15(8-10-16)9-11-17;/h2-7,16-17H,8-11H2,1H3;1H. The van der Waals surface area contributed by atoms with Gasteiger partial charge in [0.15, 0.2) is 0 Å². The van der Waals surface area contributed by atoms with Gasteiger partial charge in [0.25, 0.3) is 0 Å². The maximum absolute atomic E-state index is 11.1. The Labute approximate surface area is 124 Å². The summed E-state index contributed by atoms with van der Waals surface area (Å²) in [5.74, 6) is -0.425. The minimum absolute atomic E-state index is 0. The molecule has 0 aliphatic carbocycles. The van der Waals surface area contributed by atoms with Crippen LogP contribution in [0.3, 0.4) is 0 Å². The molecule has 112 valence electrons. The minimum Gasteiger partial charge on any atom is -0.466 e. The summed E-state index contributed by atoms with van der Waals surface area (Å²) in [4.78, 5) is 13.0. The number of carbonyl (C=O) groups is 1. The van der Waals surface area contributed by atoms with Crippen LogP contribution < -0.4 is 4.90 Å². The summed E-state index contributed by atoms with van der Waals surface area (Å²) < 4.78 is 4.55. The van der Waals surface area contributed by atoms with Gasteiger partial charge >= 0.3 is 5.97 Å². The van der Waals surface area contributed by atoms with E-state index >= 15 is 0 Å². The molecule has 1 aromatic carbocycles. The van der Waals surface area contributed by atoms with Crippen molar-refractivity contribution in [3.63, 3.8) is 0 Å². The zero-order valence-corrected chi connectivity index (χ0v) is 12.2. The van der Waals surface area contributed by atoms with Gasteiger partial charge in [0.05, 0.1) is 20.3 Å². The van der Waals surface area contributed by atoms with E-state index in [1.165, 1.54) is 13.2 Å². The average molecular weight is 302 g/mol. The first-order valence-electron chi connectivity index (χ1n) is 6.04. The summed E-state index contributed by atoms with van der Waals surface area (Å²) in [5, 5.41) is 18.1. The number of para-hydroxylation sites is 1. The molecule has 0 amide bonds. The molecule has 0 saturated carbocycles. The molecule has 0 aliphatic heterocycles. The normalized spacial score (nSPS) is 10.2. The van der Waals surface area contributed by atoms with Gasteiger partial charge in [0, 0.05) is 24.9 Å². The van der Waals surface area contributed by atoms with Gasteiger partial charge in [-0.05, 0) is 17.7 Å². The fraction of sp³-hybridized carbons (Fsp3) is 0.357. The summed E-state index contributed by atoms with van der Waals surface area (Å²) in [6, 6.07) is 7.46. The number of hydrogen-bond donors (Lipinski definition) is 2. The number of anilines is 1. The third-order valence-electron chi connectivity index (χ3n) is 2.62. The topological polar surface area (TPSA) is 70.0 Å². The Morgan fingerprint density at radius 2 is 1.85 bits per heavy atom. The van der Waals surface area contributed by atoms with Crippen molar-refractivity contribution >= 4 is 30.1 Å². The van der Waals surface area contributed by atoms with Crippen molar-refractivity contribution in [3.05, 3.63) is 35.9 Å². The van der Waals surface area contributed by atoms with Crippen LogP contribution in [0, 0.1) is 0 Å². The highest BCUT2D eigenvalue weighted by Gasteiger charge is 2.08. The monoisotopic (exact) mass is 301 g/mol.